The van der Waals surface area contributed by atoms with Gasteiger partial charge in [0.1, 0.15) is 5.01 Å². The van der Waals surface area contributed by atoms with Crippen LogP contribution in [0.3, 0.4) is 0 Å². The fourth-order valence-corrected chi connectivity index (χ4v) is 2.32. The molecule has 2 rings (SSSR count). The molecule has 96 valence electrons. The van der Waals surface area contributed by atoms with Crippen LogP contribution in [0.25, 0.3) is 0 Å². The molecule has 0 atom stereocenters. The van der Waals surface area contributed by atoms with Crippen molar-refractivity contribution in [3.63, 3.8) is 0 Å². The Balaban J connectivity index is 1.88. The van der Waals surface area contributed by atoms with Gasteiger partial charge in [-0.2, -0.15) is 5.10 Å². The first-order valence-electron chi connectivity index (χ1n) is 5.66. The van der Waals surface area contributed by atoms with Crippen molar-refractivity contribution in [3.8, 4) is 0 Å². The first-order chi connectivity index (χ1) is 8.58. The number of amides is 1. The van der Waals surface area contributed by atoms with Crippen LogP contribution in [0.4, 0.5) is 0 Å². The predicted molar refractivity (Wildman–Crippen MR) is 68.7 cm³/mol. The molecule has 2 aromatic rings. The van der Waals surface area contributed by atoms with Crippen molar-refractivity contribution in [1.82, 2.24) is 25.7 Å². The van der Waals surface area contributed by atoms with E-state index in [-0.39, 0.29) is 5.91 Å². The van der Waals surface area contributed by atoms with Gasteiger partial charge < -0.3 is 5.32 Å². The van der Waals surface area contributed by atoms with E-state index in [1.54, 1.807) is 0 Å². The van der Waals surface area contributed by atoms with Gasteiger partial charge in [0, 0.05) is 12.2 Å². The second-order valence-electron chi connectivity index (χ2n) is 4.04. The van der Waals surface area contributed by atoms with Crippen molar-refractivity contribution >= 4 is 17.2 Å². The number of hydrogen-bond acceptors (Lipinski definition) is 5. The molecule has 6 nitrogen and oxygen atoms in total. The van der Waals surface area contributed by atoms with E-state index in [1.165, 1.54) is 11.3 Å². The van der Waals surface area contributed by atoms with Gasteiger partial charge in [0.25, 0.3) is 5.91 Å². The first-order valence-corrected chi connectivity index (χ1v) is 6.48. The molecular weight excluding hydrogens is 250 g/mol. The summed E-state index contributed by atoms with van der Waals surface area (Å²) in [4.78, 5) is 11.7. The van der Waals surface area contributed by atoms with Crippen LogP contribution in [0, 0.1) is 20.8 Å². The van der Waals surface area contributed by atoms with Gasteiger partial charge in [-0.25, -0.2) is 0 Å². The molecule has 1 amide bonds. The molecule has 0 bridgehead atoms. The number of aryl methyl sites for hydroxylation is 3. The highest BCUT2D eigenvalue weighted by molar-refractivity contribution is 7.13. The maximum atomic E-state index is 11.7. The van der Waals surface area contributed by atoms with Gasteiger partial charge in [0.15, 0.2) is 0 Å². The number of nitrogens with zero attached hydrogens (tertiary/aromatic N) is 3. The van der Waals surface area contributed by atoms with E-state index in [0.717, 1.165) is 28.4 Å². The Morgan fingerprint density at radius 3 is 2.67 bits per heavy atom. The van der Waals surface area contributed by atoms with Gasteiger partial charge in [-0.05, 0) is 32.8 Å². The molecule has 0 spiro atoms. The number of aromatic nitrogens is 4. The first kappa shape index (κ1) is 12.7. The number of carbonyl (C=O) groups excluding carboxylic acids is 1. The number of aromatic amines is 1. The van der Waals surface area contributed by atoms with Crippen LogP contribution in [0.2, 0.25) is 0 Å². The van der Waals surface area contributed by atoms with Crippen molar-refractivity contribution in [2.75, 3.05) is 6.54 Å². The summed E-state index contributed by atoms with van der Waals surface area (Å²) in [5, 5.41) is 18.7. The Kier molecular flexibility index (Phi) is 3.71. The molecule has 2 heterocycles. The van der Waals surface area contributed by atoms with Crippen LogP contribution in [-0.2, 0) is 6.42 Å². The molecule has 2 N–H and O–H groups in total. The van der Waals surface area contributed by atoms with Crippen LogP contribution in [-0.4, -0.2) is 32.8 Å². The van der Waals surface area contributed by atoms with Crippen LogP contribution >= 0.6 is 11.3 Å². The Labute approximate surface area is 109 Å². The summed E-state index contributed by atoms with van der Waals surface area (Å²) < 4.78 is 0. The van der Waals surface area contributed by atoms with Gasteiger partial charge in [-0.1, -0.05) is 11.3 Å². The Morgan fingerprint density at radius 2 is 2.11 bits per heavy atom. The number of nitrogens with one attached hydrogen (secondary N) is 2. The molecule has 0 aliphatic rings. The monoisotopic (exact) mass is 265 g/mol. The van der Waals surface area contributed by atoms with E-state index < -0.39 is 0 Å². The quantitative estimate of drug-likeness (QED) is 0.869. The Bertz CT molecular complexity index is 540. The third-order valence-electron chi connectivity index (χ3n) is 2.66. The van der Waals surface area contributed by atoms with E-state index in [0.29, 0.717) is 11.6 Å². The van der Waals surface area contributed by atoms with Gasteiger partial charge >= 0.3 is 0 Å². The van der Waals surface area contributed by atoms with Crippen molar-refractivity contribution in [2.24, 2.45) is 0 Å². The Hall–Kier alpha value is -1.76. The highest BCUT2D eigenvalue weighted by Crippen LogP contribution is 2.10. The second-order valence-corrected chi connectivity index (χ2v) is 5.23. The molecule has 0 fully saturated rings. The van der Waals surface area contributed by atoms with E-state index in [2.05, 4.69) is 25.7 Å². The summed E-state index contributed by atoms with van der Waals surface area (Å²) in [7, 11) is 0. The molecule has 0 aromatic carbocycles. The number of carbonyl (C=O) groups is 1. The van der Waals surface area contributed by atoms with E-state index in [9.17, 15) is 4.79 Å². The van der Waals surface area contributed by atoms with Crippen LogP contribution in [0.5, 0.6) is 0 Å². The van der Waals surface area contributed by atoms with Gasteiger partial charge in [0.05, 0.1) is 5.69 Å². The van der Waals surface area contributed by atoms with Crippen molar-refractivity contribution < 1.29 is 4.79 Å². The predicted octanol–water partition coefficient (Wildman–Crippen LogP) is 1.16. The normalized spacial score (nSPS) is 10.6. The van der Waals surface area contributed by atoms with Crippen LogP contribution < -0.4 is 5.32 Å². The maximum absolute atomic E-state index is 11.7. The molecule has 7 heteroatoms. The highest BCUT2D eigenvalue weighted by atomic mass is 32.1. The fourth-order valence-electron chi connectivity index (χ4n) is 1.71. The lowest BCUT2D eigenvalue weighted by Crippen LogP contribution is -2.25. The second kappa shape index (κ2) is 5.26. The van der Waals surface area contributed by atoms with Crippen LogP contribution in [0.15, 0.2) is 0 Å². The summed E-state index contributed by atoms with van der Waals surface area (Å²) >= 11 is 1.30. The standard InChI is InChI=1S/C11H15N5OS/c1-6-9(7(2)14-13-6)4-5-12-10(17)11-16-15-8(3)18-11/h4-5H2,1-3H3,(H,12,17)(H,13,14). The molecule has 2 aromatic heterocycles. The summed E-state index contributed by atoms with van der Waals surface area (Å²) in [6.07, 6.45) is 0.762. The maximum Gasteiger partial charge on any atom is 0.282 e. The van der Waals surface area contributed by atoms with Gasteiger partial charge in [-0.3, -0.25) is 9.89 Å². The SMILES string of the molecule is Cc1nnc(C(=O)NCCc2c(C)n[nH]c2C)s1. The zero-order chi connectivity index (χ0) is 13.1. The number of H-pyrrole nitrogens is 1. The van der Waals surface area contributed by atoms with Crippen molar-refractivity contribution in [1.29, 1.82) is 0 Å². The minimum Gasteiger partial charge on any atom is -0.350 e. The lowest BCUT2D eigenvalue weighted by Gasteiger charge is -2.03. The van der Waals surface area contributed by atoms with E-state index >= 15 is 0 Å². The van der Waals surface area contributed by atoms with E-state index in [1.807, 2.05) is 20.8 Å². The third kappa shape index (κ3) is 2.73. The molecule has 0 radical (unpaired) electrons. The lowest BCUT2D eigenvalue weighted by atomic mass is 10.1. The summed E-state index contributed by atoms with van der Waals surface area (Å²) in [6.45, 7) is 6.32. The van der Waals surface area contributed by atoms with Gasteiger partial charge in [-0.15, -0.1) is 10.2 Å². The fraction of sp³-hybridized carbons (Fsp3) is 0.455. The van der Waals surface area contributed by atoms with Crippen molar-refractivity contribution in [3.05, 3.63) is 27.0 Å². The molecular formula is C11H15N5OS. The Morgan fingerprint density at radius 1 is 1.33 bits per heavy atom. The van der Waals surface area contributed by atoms with Crippen LogP contribution in [0.1, 0.15) is 31.8 Å². The molecule has 0 saturated carbocycles. The van der Waals surface area contributed by atoms with E-state index in [4.69, 9.17) is 0 Å². The number of rotatable bonds is 4. The molecule has 0 aliphatic carbocycles. The minimum atomic E-state index is -0.167. The summed E-state index contributed by atoms with van der Waals surface area (Å²) in [5.74, 6) is -0.167. The van der Waals surface area contributed by atoms with Gasteiger partial charge in [0.2, 0.25) is 5.01 Å². The summed E-state index contributed by atoms with van der Waals surface area (Å²) in [6, 6.07) is 0. The lowest BCUT2D eigenvalue weighted by molar-refractivity contribution is 0.0953. The molecule has 18 heavy (non-hydrogen) atoms. The summed E-state index contributed by atoms with van der Waals surface area (Å²) in [5.41, 5.74) is 3.19. The van der Waals surface area contributed by atoms with Crippen molar-refractivity contribution in [2.45, 2.75) is 27.2 Å². The topological polar surface area (TPSA) is 83.6 Å². The molecule has 0 aliphatic heterocycles. The minimum absolute atomic E-state index is 0.167. The average molecular weight is 265 g/mol. The smallest absolute Gasteiger partial charge is 0.282 e. The molecule has 0 unspecified atom stereocenters. The zero-order valence-corrected chi connectivity index (χ0v) is 11.4. The molecule has 0 saturated heterocycles. The highest BCUT2D eigenvalue weighted by Gasteiger charge is 2.11. The zero-order valence-electron chi connectivity index (χ0n) is 10.6. The number of hydrogen-bond donors (Lipinski definition) is 2. The average Bonchev–Trinajstić information content (AvgIpc) is 2.89. The third-order valence-corrected chi connectivity index (χ3v) is 3.50. The largest absolute Gasteiger partial charge is 0.350 e.